The molecule has 0 amide bonds. The molecule has 1 aliphatic carbocycles. The molecule has 8 heteroatoms. The van der Waals surface area contributed by atoms with Gasteiger partial charge in [-0.1, -0.05) is 20.8 Å². The molecule has 4 rings (SSSR count). The monoisotopic (exact) mass is 363 g/mol. The van der Waals surface area contributed by atoms with Gasteiger partial charge in [-0.2, -0.15) is 0 Å². The standard InChI is InChI=1S/C16H21N5OS2/c1-16(2,3)11-8-24-15(18-11)21-12-10(7-17-14(19-12)23-4)13(22)20(21)9-5-6-9/h7-9,14,19H,5-6H2,1-4H3. The fourth-order valence-corrected chi connectivity index (χ4v) is 4.22. The van der Waals surface area contributed by atoms with Gasteiger partial charge < -0.3 is 5.32 Å². The quantitative estimate of drug-likeness (QED) is 0.909. The summed E-state index contributed by atoms with van der Waals surface area (Å²) in [7, 11) is 0. The number of aliphatic imine (C=N–C) groups is 1. The number of hydrogen-bond acceptors (Lipinski definition) is 6. The van der Waals surface area contributed by atoms with Crippen molar-refractivity contribution >= 4 is 35.1 Å². The van der Waals surface area contributed by atoms with E-state index < -0.39 is 0 Å². The van der Waals surface area contributed by atoms with Crippen molar-refractivity contribution in [2.45, 2.75) is 50.6 Å². The molecular formula is C16H21N5OS2. The molecule has 1 saturated carbocycles. The van der Waals surface area contributed by atoms with E-state index in [2.05, 4.69) is 36.5 Å². The van der Waals surface area contributed by atoms with Crippen molar-refractivity contribution in [1.29, 1.82) is 0 Å². The van der Waals surface area contributed by atoms with E-state index in [0.717, 1.165) is 29.5 Å². The second kappa shape index (κ2) is 5.49. The first kappa shape index (κ1) is 16.0. The number of nitrogens with one attached hydrogen (secondary N) is 1. The molecule has 1 unspecified atom stereocenters. The Labute approximate surface area is 149 Å². The average Bonchev–Trinajstić information content (AvgIpc) is 3.17. The number of thiazole rings is 1. The molecule has 3 heterocycles. The van der Waals surface area contributed by atoms with E-state index in [-0.39, 0.29) is 22.5 Å². The number of fused-ring (bicyclic) bond motifs is 1. The second-order valence-corrected chi connectivity index (χ2v) is 8.99. The predicted octanol–water partition coefficient (Wildman–Crippen LogP) is 3.22. The van der Waals surface area contributed by atoms with Gasteiger partial charge in [0.25, 0.3) is 5.56 Å². The lowest BCUT2D eigenvalue weighted by Gasteiger charge is -2.19. The number of hydrogen-bond donors (Lipinski definition) is 1. The molecule has 2 aromatic heterocycles. The third-order valence-corrected chi connectivity index (χ3v) is 5.78. The van der Waals surface area contributed by atoms with Crippen molar-refractivity contribution in [3.8, 4) is 5.13 Å². The van der Waals surface area contributed by atoms with Gasteiger partial charge in [-0.25, -0.2) is 14.3 Å². The van der Waals surface area contributed by atoms with Crippen molar-refractivity contribution < 1.29 is 0 Å². The summed E-state index contributed by atoms with van der Waals surface area (Å²) in [5.74, 6) is 0.816. The summed E-state index contributed by atoms with van der Waals surface area (Å²) in [5.41, 5.74) is 1.63. The molecule has 2 aromatic rings. The first-order valence-electron chi connectivity index (χ1n) is 8.06. The molecule has 1 fully saturated rings. The van der Waals surface area contributed by atoms with Gasteiger partial charge in [0.15, 0.2) is 5.50 Å². The highest BCUT2D eigenvalue weighted by molar-refractivity contribution is 7.99. The van der Waals surface area contributed by atoms with E-state index in [1.54, 1.807) is 29.3 Å². The van der Waals surface area contributed by atoms with Crippen LogP contribution in [0.3, 0.4) is 0 Å². The summed E-state index contributed by atoms with van der Waals surface area (Å²) in [6.45, 7) is 6.46. The molecule has 0 bridgehead atoms. The smallest absolute Gasteiger partial charge is 0.278 e. The molecule has 1 atom stereocenters. The van der Waals surface area contributed by atoms with Crippen LogP contribution in [0.4, 0.5) is 5.82 Å². The van der Waals surface area contributed by atoms with Crippen LogP contribution in [0.1, 0.15) is 50.9 Å². The zero-order valence-corrected chi connectivity index (χ0v) is 15.9. The number of thioether (sulfide) groups is 1. The Morgan fingerprint density at radius 1 is 1.38 bits per heavy atom. The zero-order chi connectivity index (χ0) is 17.1. The first-order valence-corrected chi connectivity index (χ1v) is 10.2. The zero-order valence-electron chi connectivity index (χ0n) is 14.2. The van der Waals surface area contributed by atoms with E-state index in [0.29, 0.717) is 5.56 Å². The van der Waals surface area contributed by atoms with Crippen molar-refractivity contribution in [3.05, 3.63) is 27.0 Å². The van der Waals surface area contributed by atoms with Crippen LogP contribution >= 0.6 is 23.1 Å². The molecule has 0 spiro atoms. The molecule has 0 aromatic carbocycles. The van der Waals surface area contributed by atoms with Gasteiger partial charge in [-0.15, -0.1) is 23.1 Å². The lowest BCUT2D eigenvalue weighted by atomic mass is 9.93. The van der Waals surface area contributed by atoms with Crippen LogP contribution < -0.4 is 10.9 Å². The lowest BCUT2D eigenvalue weighted by Crippen LogP contribution is -2.22. The maximum Gasteiger partial charge on any atom is 0.278 e. The van der Waals surface area contributed by atoms with E-state index in [1.807, 2.05) is 15.6 Å². The summed E-state index contributed by atoms with van der Waals surface area (Å²) in [4.78, 5) is 22.1. The minimum Gasteiger partial charge on any atom is -0.339 e. The van der Waals surface area contributed by atoms with Crippen LogP contribution in [0.2, 0.25) is 0 Å². The third-order valence-electron chi connectivity index (χ3n) is 4.28. The largest absolute Gasteiger partial charge is 0.339 e. The maximum atomic E-state index is 12.9. The van der Waals surface area contributed by atoms with Crippen molar-refractivity contribution in [1.82, 2.24) is 14.3 Å². The molecule has 0 saturated heterocycles. The SMILES string of the molecule is CSC1N=Cc2c(n(-c3nc(C(C)(C)C)cs3)n(C3CC3)c2=O)N1. The number of rotatable bonds is 3. The van der Waals surface area contributed by atoms with Gasteiger partial charge in [0.05, 0.1) is 11.7 Å². The normalized spacial score (nSPS) is 20.1. The molecule has 2 aliphatic rings. The molecule has 128 valence electrons. The van der Waals surface area contributed by atoms with Gasteiger partial charge in [0, 0.05) is 17.0 Å². The van der Waals surface area contributed by atoms with Crippen LogP contribution in [0.5, 0.6) is 0 Å². The summed E-state index contributed by atoms with van der Waals surface area (Å²) < 4.78 is 3.83. The summed E-state index contributed by atoms with van der Waals surface area (Å²) in [5, 5.41) is 6.31. The van der Waals surface area contributed by atoms with Gasteiger partial charge >= 0.3 is 0 Å². The number of aromatic nitrogens is 3. The Hall–Kier alpha value is -1.54. The Morgan fingerprint density at radius 2 is 2.12 bits per heavy atom. The Kier molecular flexibility index (Phi) is 3.65. The van der Waals surface area contributed by atoms with Crippen LogP contribution in [-0.4, -0.2) is 32.3 Å². The number of nitrogens with zero attached hydrogens (tertiary/aromatic N) is 4. The van der Waals surface area contributed by atoms with Crippen molar-refractivity contribution in [2.75, 3.05) is 11.6 Å². The fraction of sp³-hybridized carbons (Fsp3) is 0.562. The Balaban J connectivity index is 1.90. The minimum atomic E-state index is -0.0692. The van der Waals surface area contributed by atoms with E-state index >= 15 is 0 Å². The highest BCUT2D eigenvalue weighted by Crippen LogP contribution is 2.38. The Bertz CT molecular complexity index is 866. The second-order valence-electron chi connectivity index (χ2n) is 7.23. The molecule has 24 heavy (non-hydrogen) atoms. The third kappa shape index (κ3) is 2.52. The van der Waals surface area contributed by atoms with Crippen LogP contribution in [0.25, 0.3) is 5.13 Å². The maximum absolute atomic E-state index is 12.9. The van der Waals surface area contributed by atoms with Crippen molar-refractivity contribution in [3.63, 3.8) is 0 Å². The first-order chi connectivity index (χ1) is 11.4. The van der Waals surface area contributed by atoms with Gasteiger partial charge in [-0.05, 0) is 19.1 Å². The van der Waals surface area contributed by atoms with Crippen LogP contribution in [0, 0.1) is 0 Å². The number of anilines is 1. The van der Waals surface area contributed by atoms with Crippen LogP contribution in [0.15, 0.2) is 15.2 Å². The summed E-state index contributed by atoms with van der Waals surface area (Å²) in [6.07, 6.45) is 5.80. The molecule has 6 nitrogen and oxygen atoms in total. The average molecular weight is 364 g/mol. The van der Waals surface area contributed by atoms with E-state index in [9.17, 15) is 4.79 Å². The molecule has 1 N–H and O–H groups in total. The van der Waals surface area contributed by atoms with Gasteiger partial charge in [-0.3, -0.25) is 9.79 Å². The topological polar surface area (TPSA) is 64.2 Å². The lowest BCUT2D eigenvalue weighted by molar-refractivity contribution is 0.542. The Morgan fingerprint density at radius 3 is 2.71 bits per heavy atom. The minimum absolute atomic E-state index is 0.0106. The van der Waals surface area contributed by atoms with Gasteiger partial charge in [0.1, 0.15) is 11.4 Å². The summed E-state index contributed by atoms with van der Waals surface area (Å²) >= 11 is 3.20. The van der Waals surface area contributed by atoms with Gasteiger partial charge in [0.2, 0.25) is 5.13 Å². The predicted molar refractivity (Wildman–Crippen MR) is 101 cm³/mol. The van der Waals surface area contributed by atoms with E-state index in [1.165, 1.54) is 0 Å². The van der Waals surface area contributed by atoms with E-state index in [4.69, 9.17) is 4.98 Å². The molecule has 0 radical (unpaired) electrons. The molecular weight excluding hydrogens is 342 g/mol. The highest BCUT2D eigenvalue weighted by atomic mass is 32.2. The molecule has 1 aliphatic heterocycles. The summed E-state index contributed by atoms with van der Waals surface area (Å²) in [6, 6.07) is 0.271. The fourth-order valence-electron chi connectivity index (χ4n) is 2.75. The van der Waals surface area contributed by atoms with Crippen LogP contribution in [-0.2, 0) is 5.41 Å². The highest BCUT2D eigenvalue weighted by Gasteiger charge is 2.34. The van der Waals surface area contributed by atoms with Crippen molar-refractivity contribution in [2.24, 2.45) is 4.99 Å².